The maximum atomic E-state index is 5.66. The molecule has 0 aromatic rings. The van der Waals surface area contributed by atoms with Crippen LogP contribution in [0.25, 0.3) is 0 Å². The summed E-state index contributed by atoms with van der Waals surface area (Å²) in [5.74, 6) is 0. The highest BCUT2D eigenvalue weighted by Crippen LogP contribution is 2.01. The van der Waals surface area contributed by atoms with Gasteiger partial charge in [0.15, 0.2) is 0 Å². The molecular formula is C7H18N2+. The van der Waals surface area contributed by atoms with Crippen molar-refractivity contribution in [1.29, 1.82) is 0 Å². The molecule has 0 atom stereocenters. The number of likely N-dealkylation sites (N-methyl/N-ethyl adjacent to an activating group) is 1. The van der Waals surface area contributed by atoms with E-state index in [1.54, 1.807) is 0 Å². The molecule has 2 N–H and O–H groups in total. The van der Waals surface area contributed by atoms with Crippen LogP contribution < -0.4 is 5.73 Å². The Morgan fingerprint density at radius 2 is 1.78 bits per heavy atom. The quantitative estimate of drug-likeness (QED) is 0.556. The molecule has 0 heterocycles. The summed E-state index contributed by atoms with van der Waals surface area (Å²) in [5.41, 5.74) is 5.66. The van der Waals surface area contributed by atoms with Crippen LogP contribution in [0.4, 0.5) is 0 Å². The first kappa shape index (κ1) is 8.92. The maximum Gasteiger partial charge on any atom is 0.0983 e. The van der Waals surface area contributed by atoms with E-state index in [-0.39, 0.29) is 0 Å². The molecule has 0 amide bonds. The molecule has 0 saturated heterocycles. The molecule has 0 aliphatic carbocycles. The van der Waals surface area contributed by atoms with Crippen molar-refractivity contribution in [3.05, 3.63) is 6.04 Å². The summed E-state index contributed by atoms with van der Waals surface area (Å²) < 4.78 is 0.930. The van der Waals surface area contributed by atoms with Crippen molar-refractivity contribution < 1.29 is 4.48 Å². The Morgan fingerprint density at radius 3 is 1.89 bits per heavy atom. The molecule has 0 aromatic heterocycles. The van der Waals surface area contributed by atoms with Gasteiger partial charge in [0.05, 0.1) is 33.7 Å². The lowest BCUT2D eigenvalue weighted by atomic mass is 10.2. The monoisotopic (exact) mass is 130 g/mol. The molecule has 55 valence electrons. The van der Waals surface area contributed by atoms with Crippen LogP contribution in [-0.2, 0) is 0 Å². The van der Waals surface area contributed by atoms with Crippen molar-refractivity contribution in [2.75, 3.05) is 27.7 Å². The van der Waals surface area contributed by atoms with E-state index < -0.39 is 0 Å². The Labute approximate surface area is 58.2 Å². The third-order valence-corrected chi connectivity index (χ3v) is 1.13. The zero-order valence-corrected chi connectivity index (χ0v) is 6.94. The van der Waals surface area contributed by atoms with Crippen molar-refractivity contribution in [3.8, 4) is 0 Å². The lowest BCUT2D eigenvalue weighted by molar-refractivity contribution is -0.867. The van der Waals surface area contributed by atoms with Crippen LogP contribution in [0.3, 0.4) is 0 Å². The summed E-state index contributed by atoms with van der Waals surface area (Å²) in [4.78, 5) is 0. The Bertz CT molecular complexity index is 73.5. The molecule has 0 bridgehead atoms. The van der Waals surface area contributed by atoms with Crippen molar-refractivity contribution in [1.82, 2.24) is 0 Å². The van der Waals surface area contributed by atoms with Gasteiger partial charge >= 0.3 is 0 Å². The fraction of sp³-hybridized carbons (Fsp3) is 0.857. The molecule has 2 nitrogen and oxygen atoms in total. The van der Waals surface area contributed by atoms with Gasteiger partial charge in [0.2, 0.25) is 0 Å². The fourth-order valence-electron chi connectivity index (χ4n) is 0.721. The molecular weight excluding hydrogens is 112 g/mol. The number of rotatable bonds is 3. The Morgan fingerprint density at radius 1 is 1.33 bits per heavy atom. The summed E-state index contributed by atoms with van der Waals surface area (Å²) in [7, 11) is 6.42. The molecule has 2 heteroatoms. The minimum absolute atomic E-state index is 0.930. The highest BCUT2D eigenvalue weighted by atomic mass is 15.3. The average molecular weight is 130 g/mol. The molecule has 0 rings (SSSR count). The zero-order valence-electron chi connectivity index (χ0n) is 6.94. The van der Waals surface area contributed by atoms with Gasteiger partial charge in [-0.25, -0.2) is 0 Å². The van der Waals surface area contributed by atoms with E-state index in [4.69, 9.17) is 5.73 Å². The van der Waals surface area contributed by atoms with Gasteiger partial charge in [-0.2, -0.15) is 0 Å². The Balaban J connectivity index is 3.47. The topological polar surface area (TPSA) is 26.0 Å². The maximum absolute atomic E-state index is 5.66. The van der Waals surface area contributed by atoms with E-state index >= 15 is 0 Å². The Hall–Kier alpha value is -0.0800. The first-order valence-corrected chi connectivity index (χ1v) is 3.36. The molecule has 0 aliphatic heterocycles. The molecule has 0 unspecified atom stereocenters. The number of hydrogen-bond acceptors (Lipinski definition) is 1. The van der Waals surface area contributed by atoms with Crippen LogP contribution in [-0.4, -0.2) is 32.2 Å². The normalized spacial score (nSPS) is 12.7. The van der Waals surface area contributed by atoms with Gasteiger partial charge in [-0.3, -0.25) is 0 Å². The van der Waals surface area contributed by atoms with Gasteiger partial charge in [0.25, 0.3) is 0 Å². The van der Waals surface area contributed by atoms with Gasteiger partial charge in [-0.1, -0.05) is 6.92 Å². The first-order chi connectivity index (χ1) is 3.95. The molecule has 0 fully saturated rings. The van der Waals surface area contributed by atoms with Gasteiger partial charge in [-0.15, -0.1) is 0 Å². The van der Waals surface area contributed by atoms with Gasteiger partial charge in [0.1, 0.15) is 0 Å². The fourth-order valence-corrected chi connectivity index (χ4v) is 0.721. The van der Waals surface area contributed by atoms with E-state index in [9.17, 15) is 0 Å². The van der Waals surface area contributed by atoms with Crippen LogP contribution in [0.15, 0.2) is 0 Å². The predicted octanol–water partition coefficient (Wildman–Crippen LogP) is 0.593. The van der Waals surface area contributed by atoms with Crippen LogP contribution in [0.1, 0.15) is 13.3 Å². The molecule has 0 aliphatic rings. The molecule has 0 aromatic carbocycles. The summed E-state index contributed by atoms with van der Waals surface area (Å²) >= 11 is 0. The smallest absolute Gasteiger partial charge is 0.0983 e. The second-order valence-electron chi connectivity index (χ2n) is 3.46. The van der Waals surface area contributed by atoms with Crippen LogP contribution in [0, 0.1) is 6.04 Å². The number of nitrogens with two attached hydrogens (primary N) is 1. The Kier molecular flexibility index (Phi) is 3.15. The largest absolute Gasteiger partial charge is 0.329 e. The lowest BCUT2D eigenvalue weighted by Gasteiger charge is -2.26. The van der Waals surface area contributed by atoms with Crippen molar-refractivity contribution in [2.24, 2.45) is 5.73 Å². The third kappa shape index (κ3) is 5.80. The van der Waals surface area contributed by atoms with E-state index in [1.165, 1.54) is 0 Å². The number of hydrogen-bond donors (Lipinski definition) is 1. The second-order valence-corrected chi connectivity index (χ2v) is 3.46. The van der Waals surface area contributed by atoms with E-state index in [0.717, 1.165) is 23.5 Å². The standard InChI is InChI=1S/C7H18N2/c1-5-7(8)6-9(2,3)4/h5-6,8H2,1-4H3/q+1. The van der Waals surface area contributed by atoms with Crippen LogP contribution in [0.2, 0.25) is 0 Å². The minimum atomic E-state index is 0.930. The van der Waals surface area contributed by atoms with E-state index in [2.05, 4.69) is 28.1 Å². The minimum Gasteiger partial charge on any atom is -0.329 e. The van der Waals surface area contributed by atoms with Crippen molar-refractivity contribution in [3.63, 3.8) is 0 Å². The summed E-state index contributed by atoms with van der Waals surface area (Å²) in [6.45, 7) is 3.07. The van der Waals surface area contributed by atoms with Gasteiger partial charge < -0.3 is 10.2 Å². The highest BCUT2D eigenvalue weighted by molar-refractivity contribution is 4.78. The van der Waals surface area contributed by atoms with Crippen molar-refractivity contribution in [2.45, 2.75) is 13.3 Å². The molecule has 1 radical (unpaired) electrons. The number of nitrogens with zero attached hydrogens (tertiary/aromatic N) is 1. The van der Waals surface area contributed by atoms with E-state index in [1.807, 2.05) is 0 Å². The van der Waals surface area contributed by atoms with Crippen molar-refractivity contribution >= 4 is 0 Å². The van der Waals surface area contributed by atoms with Gasteiger partial charge in [0, 0.05) is 0 Å². The van der Waals surface area contributed by atoms with Gasteiger partial charge in [-0.05, 0) is 6.42 Å². The zero-order chi connectivity index (χ0) is 7.49. The average Bonchev–Trinajstić information content (AvgIpc) is 1.62. The first-order valence-electron chi connectivity index (χ1n) is 3.36. The lowest BCUT2D eigenvalue weighted by Crippen LogP contribution is -2.40. The SMILES string of the molecule is CC[C](N)C[N+](C)(C)C. The predicted molar refractivity (Wildman–Crippen MR) is 40.6 cm³/mol. The molecule has 0 saturated carbocycles. The van der Waals surface area contributed by atoms with Crippen LogP contribution in [0.5, 0.6) is 0 Å². The summed E-state index contributed by atoms with van der Waals surface area (Å²) in [5, 5.41) is 0. The second kappa shape index (κ2) is 3.18. The molecule has 0 spiro atoms. The van der Waals surface area contributed by atoms with Crippen LogP contribution >= 0.6 is 0 Å². The number of quaternary nitrogens is 1. The molecule has 9 heavy (non-hydrogen) atoms. The highest BCUT2D eigenvalue weighted by Gasteiger charge is 2.12. The summed E-state index contributed by atoms with van der Waals surface area (Å²) in [6, 6.07) is 1.09. The van der Waals surface area contributed by atoms with E-state index in [0.29, 0.717) is 0 Å². The third-order valence-electron chi connectivity index (χ3n) is 1.13. The summed E-state index contributed by atoms with van der Waals surface area (Å²) in [6.07, 6.45) is 0.996.